The summed E-state index contributed by atoms with van der Waals surface area (Å²) in [7, 11) is 0. The molecule has 9 nitrogen and oxygen atoms in total. The third-order valence-electron chi connectivity index (χ3n) is 3.81. The monoisotopic (exact) mass is 408 g/mol. The second-order valence-electron chi connectivity index (χ2n) is 7.57. The molecule has 0 fully saturated rings. The summed E-state index contributed by atoms with van der Waals surface area (Å²) in [5, 5.41) is 5.27. The Labute approximate surface area is 170 Å². The largest absolute Gasteiger partial charge is 0.454 e. The topological polar surface area (TPSA) is 112 Å². The first kappa shape index (κ1) is 22.3. The third kappa shape index (κ3) is 7.89. The molecule has 0 unspecified atom stereocenters. The van der Waals surface area contributed by atoms with Gasteiger partial charge in [0.05, 0.1) is 0 Å². The van der Waals surface area contributed by atoms with Crippen LogP contribution in [0.2, 0.25) is 0 Å². The Morgan fingerprint density at radius 2 is 1.86 bits per heavy atom. The van der Waals surface area contributed by atoms with Gasteiger partial charge in [0.2, 0.25) is 6.79 Å². The molecule has 0 aromatic heterocycles. The fourth-order valence-corrected chi connectivity index (χ4v) is 2.43. The summed E-state index contributed by atoms with van der Waals surface area (Å²) < 4.78 is 20.7. The van der Waals surface area contributed by atoms with Gasteiger partial charge >= 0.3 is 12.1 Å². The maximum atomic E-state index is 12.1. The molecule has 0 aliphatic carbocycles. The number of ether oxygens (including phenoxy) is 4. The predicted molar refractivity (Wildman–Crippen MR) is 103 cm³/mol. The Hall–Kier alpha value is -2.97. The van der Waals surface area contributed by atoms with Crippen LogP contribution in [0.25, 0.3) is 0 Å². The lowest BCUT2D eigenvalue weighted by Gasteiger charge is -2.19. The van der Waals surface area contributed by atoms with Crippen molar-refractivity contribution in [3.8, 4) is 11.5 Å². The zero-order valence-corrected chi connectivity index (χ0v) is 17.2. The molecule has 1 heterocycles. The van der Waals surface area contributed by atoms with Gasteiger partial charge in [-0.15, -0.1) is 0 Å². The van der Waals surface area contributed by atoms with Crippen LogP contribution in [0.3, 0.4) is 0 Å². The highest BCUT2D eigenvalue weighted by atomic mass is 16.7. The lowest BCUT2D eigenvalue weighted by atomic mass is 10.2. The molecule has 0 spiro atoms. The number of amides is 2. The van der Waals surface area contributed by atoms with E-state index in [1.807, 2.05) is 6.07 Å². The minimum atomic E-state index is -0.921. The van der Waals surface area contributed by atoms with Crippen molar-refractivity contribution in [3.05, 3.63) is 23.8 Å². The Bertz CT molecular complexity index is 743. The van der Waals surface area contributed by atoms with Gasteiger partial charge < -0.3 is 29.6 Å². The fourth-order valence-electron chi connectivity index (χ4n) is 2.43. The summed E-state index contributed by atoms with van der Waals surface area (Å²) in [6.45, 7) is 7.54. The SMILES string of the molecule is C[C@@H](OC(=O)CCCNC(=O)OC(C)(C)C)C(=O)NCc1ccc2c(c1)OCO2. The number of hydrogen-bond donors (Lipinski definition) is 2. The number of rotatable bonds is 8. The summed E-state index contributed by atoms with van der Waals surface area (Å²) >= 11 is 0. The van der Waals surface area contributed by atoms with Crippen LogP contribution >= 0.6 is 0 Å². The number of esters is 1. The lowest BCUT2D eigenvalue weighted by molar-refractivity contribution is -0.154. The number of alkyl carbamates (subject to hydrolysis) is 1. The van der Waals surface area contributed by atoms with Gasteiger partial charge in [0, 0.05) is 19.5 Å². The predicted octanol–water partition coefficient (Wildman–Crippen LogP) is 2.27. The Balaban J connectivity index is 1.63. The van der Waals surface area contributed by atoms with E-state index in [1.54, 1.807) is 32.9 Å². The second-order valence-corrected chi connectivity index (χ2v) is 7.57. The minimum absolute atomic E-state index is 0.0789. The van der Waals surface area contributed by atoms with Crippen molar-refractivity contribution >= 4 is 18.0 Å². The van der Waals surface area contributed by atoms with E-state index in [1.165, 1.54) is 6.92 Å². The van der Waals surface area contributed by atoms with E-state index in [2.05, 4.69) is 10.6 Å². The van der Waals surface area contributed by atoms with Crippen LogP contribution in [-0.4, -0.2) is 43.0 Å². The molecule has 160 valence electrons. The van der Waals surface area contributed by atoms with Crippen LogP contribution in [-0.2, 0) is 25.6 Å². The van der Waals surface area contributed by atoms with Crippen molar-refractivity contribution in [1.29, 1.82) is 0 Å². The van der Waals surface area contributed by atoms with Crippen molar-refractivity contribution in [2.75, 3.05) is 13.3 Å². The third-order valence-corrected chi connectivity index (χ3v) is 3.81. The average Bonchev–Trinajstić information content (AvgIpc) is 3.09. The van der Waals surface area contributed by atoms with Gasteiger partial charge in [-0.1, -0.05) is 6.07 Å². The van der Waals surface area contributed by atoms with E-state index < -0.39 is 29.7 Å². The quantitative estimate of drug-likeness (QED) is 0.501. The summed E-state index contributed by atoms with van der Waals surface area (Å²) in [4.78, 5) is 35.5. The summed E-state index contributed by atoms with van der Waals surface area (Å²) in [6, 6.07) is 5.39. The Morgan fingerprint density at radius 1 is 1.14 bits per heavy atom. The molecule has 2 rings (SSSR count). The van der Waals surface area contributed by atoms with Crippen LogP contribution in [0.4, 0.5) is 4.79 Å². The second kappa shape index (κ2) is 9.99. The molecule has 29 heavy (non-hydrogen) atoms. The fraction of sp³-hybridized carbons (Fsp3) is 0.550. The molecule has 0 saturated carbocycles. The van der Waals surface area contributed by atoms with Crippen molar-refractivity contribution in [2.24, 2.45) is 0 Å². The van der Waals surface area contributed by atoms with Gasteiger partial charge in [0.15, 0.2) is 17.6 Å². The maximum Gasteiger partial charge on any atom is 0.407 e. The highest BCUT2D eigenvalue weighted by molar-refractivity contribution is 5.83. The van der Waals surface area contributed by atoms with E-state index in [0.717, 1.165) is 5.56 Å². The van der Waals surface area contributed by atoms with E-state index in [0.29, 0.717) is 17.9 Å². The highest BCUT2D eigenvalue weighted by Crippen LogP contribution is 2.32. The molecule has 0 saturated heterocycles. The molecule has 1 atom stereocenters. The van der Waals surface area contributed by atoms with E-state index >= 15 is 0 Å². The normalized spacial score (nSPS) is 13.4. The Morgan fingerprint density at radius 3 is 2.59 bits per heavy atom. The smallest absolute Gasteiger partial charge is 0.407 e. The van der Waals surface area contributed by atoms with Crippen molar-refractivity contribution in [3.63, 3.8) is 0 Å². The van der Waals surface area contributed by atoms with E-state index in [-0.39, 0.29) is 26.3 Å². The van der Waals surface area contributed by atoms with Gasteiger partial charge in [-0.3, -0.25) is 9.59 Å². The molecule has 2 amide bonds. The molecule has 2 N–H and O–H groups in total. The Kier molecular flexibility index (Phi) is 7.69. The van der Waals surface area contributed by atoms with Gasteiger partial charge in [-0.2, -0.15) is 0 Å². The zero-order valence-electron chi connectivity index (χ0n) is 17.2. The first-order valence-corrected chi connectivity index (χ1v) is 9.46. The van der Waals surface area contributed by atoms with Crippen LogP contribution in [0.1, 0.15) is 46.1 Å². The molecule has 1 aliphatic rings. The first-order valence-electron chi connectivity index (χ1n) is 9.46. The van der Waals surface area contributed by atoms with Crippen molar-refractivity contribution in [2.45, 2.75) is 58.8 Å². The summed E-state index contributed by atoms with van der Waals surface area (Å²) in [5.74, 6) is 0.393. The number of hydrogen-bond acceptors (Lipinski definition) is 7. The number of fused-ring (bicyclic) bond motifs is 1. The molecule has 0 radical (unpaired) electrons. The molecular formula is C20H28N2O7. The molecule has 0 bridgehead atoms. The zero-order chi connectivity index (χ0) is 21.4. The maximum absolute atomic E-state index is 12.1. The van der Waals surface area contributed by atoms with E-state index in [9.17, 15) is 14.4 Å². The van der Waals surface area contributed by atoms with Gasteiger partial charge in [0.25, 0.3) is 5.91 Å². The molecule has 1 aromatic carbocycles. The van der Waals surface area contributed by atoms with Crippen LogP contribution in [0.15, 0.2) is 18.2 Å². The van der Waals surface area contributed by atoms with Crippen LogP contribution in [0, 0.1) is 0 Å². The molecule has 9 heteroatoms. The minimum Gasteiger partial charge on any atom is -0.454 e. The lowest BCUT2D eigenvalue weighted by Crippen LogP contribution is -2.35. The number of benzene rings is 1. The van der Waals surface area contributed by atoms with Gasteiger partial charge in [0.1, 0.15) is 5.60 Å². The van der Waals surface area contributed by atoms with Crippen molar-refractivity contribution < 1.29 is 33.3 Å². The summed E-state index contributed by atoms with van der Waals surface area (Å²) in [6.07, 6.45) is -1.00. The van der Waals surface area contributed by atoms with Gasteiger partial charge in [-0.25, -0.2) is 4.79 Å². The molecular weight excluding hydrogens is 380 g/mol. The number of carbonyl (C=O) groups is 3. The average molecular weight is 408 g/mol. The summed E-state index contributed by atoms with van der Waals surface area (Å²) in [5.41, 5.74) is 0.265. The van der Waals surface area contributed by atoms with Crippen molar-refractivity contribution in [1.82, 2.24) is 10.6 Å². The molecule has 1 aromatic rings. The molecule has 1 aliphatic heterocycles. The number of nitrogens with one attached hydrogen (secondary N) is 2. The number of carbonyl (C=O) groups excluding carboxylic acids is 3. The van der Waals surface area contributed by atoms with Crippen LogP contribution in [0.5, 0.6) is 11.5 Å². The first-order chi connectivity index (χ1) is 13.6. The van der Waals surface area contributed by atoms with Crippen LogP contribution < -0.4 is 20.1 Å². The standard InChI is InChI=1S/C20H28N2O7/c1-13(28-17(23)6-5-9-21-19(25)29-20(2,3)4)18(24)22-11-14-7-8-15-16(10-14)27-12-26-15/h7-8,10,13H,5-6,9,11-12H2,1-4H3,(H,21,25)(H,22,24)/t13-/m1/s1. The van der Waals surface area contributed by atoms with E-state index in [4.69, 9.17) is 18.9 Å². The van der Waals surface area contributed by atoms with Gasteiger partial charge in [-0.05, 0) is 51.8 Å². The highest BCUT2D eigenvalue weighted by Gasteiger charge is 2.19.